The molecule has 0 radical (unpaired) electrons. The van der Waals surface area contributed by atoms with Crippen molar-refractivity contribution in [2.75, 3.05) is 19.1 Å². The maximum absolute atomic E-state index is 12.6. The highest BCUT2D eigenvalue weighted by Gasteiger charge is 2.34. The number of nitrogens with one attached hydrogen (secondary N) is 1. The minimum absolute atomic E-state index is 0.141. The number of hydrogen-bond donors (Lipinski definition) is 1. The van der Waals surface area contributed by atoms with Crippen LogP contribution in [-0.2, 0) is 4.79 Å². The van der Waals surface area contributed by atoms with Gasteiger partial charge in [-0.25, -0.2) is 0 Å². The minimum atomic E-state index is -0.292. The topological polar surface area (TPSA) is 58.6 Å². The van der Waals surface area contributed by atoms with E-state index in [9.17, 15) is 9.59 Å². The molecule has 134 valence electrons. The summed E-state index contributed by atoms with van der Waals surface area (Å²) in [6.45, 7) is 4.21. The lowest BCUT2D eigenvalue weighted by atomic mass is 10.1. The molecule has 2 aromatic carbocycles. The van der Waals surface area contributed by atoms with Crippen LogP contribution in [0.4, 0.5) is 10.5 Å². The highest BCUT2D eigenvalue weighted by molar-refractivity contribution is 8.18. The fourth-order valence-electron chi connectivity index (χ4n) is 2.54. The van der Waals surface area contributed by atoms with Gasteiger partial charge in [0.05, 0.1) is 18.7 Å². The van der Waals surface area contributed by atoms with Gasteiger partial charge in [0.1, 0.15) is 5.75 Å². The van der Waals surface area contributed by atoms with E-state index in [0.717, 1.165) is 28.6 Å². The number of amides is 2. The van der Waals surface area contributed by atoms with Crippen LogP contribution in [0.3, 0.4) is 0 Å². The van der Waals surface area contributed by atoms with Crippen molar-refractivity contribution in [2.45, 2.75) is 13.8 Å². The number of methoxy groups -OCH3 is 1. The fraction of sp³-hybridized carbons (Fsp3) is 0.200. The molecule has 2 amide bonds. The maximum Gasteiger partial charge on any atom is 0.295 e. The largest absolute Gasteiger partial charge is 0.497 e. The van der Waals surface area contributed by atoms with Crippen molar-refractivity contribution in [2.24, 2.45) is 0 Å². The van der Waals surface area contributed by atoms with Crippen LogP contribution in [0.5, 0.6) is 5.75 Å². The summed E-state index contributed by atoms with van der Waals surface area (Å²) < 4.78 is 5.19. The highest BCUT2D eigenvalue weighted by atomic mass is 32.2. The molecule has 2 aromatic rings. The number of rotatable bonds is 5. The Morgan fingerprint density at radius 1 is 1.12 bits per heavy atom. The number of thioether (sulfide) groups is 1. The first kappa shape index (κ1) is 18.1. The summed E-state index contributed by atoms with van der Waals surface area (Å²) in [4.78, 5) is 26.4. The van der Waals surface area contributed by atoms with Gasteiger partial charge in [-0.05, 0) is 72.6 Å². The molecule has 0 spiro atoms. The Morgan fingerprint density at radius 3 is 2.65 bits per heavy atom. The van der Waals surface area contributed by atoms with Crippen LogP contribution >= 0.6 is 11.8 Å². The quantitative estimate of drug-likeness (QED) is 0.792. The van der Waals surface area contributed by atoms with Gasteiger partial charge in [-0.1, -0.05) is 18.2 Å². The number of carbonyl (C=O) groups is 2. The van der Waals surface area contributed by atoms with Crippen molar-refractivity contribution in [1.29, 1.82) is 0 Å². The summed E-state index contributed by atoms with van der Waals surface area (Å²) in [6.07, 6.45) is 1.71. The maximum atomic E-state index is 12.6. The normalized spacial score (nSPS) is 15.7. The number of hydrogen-bond acceptors (Lipinski definition) is 5. The molecule has 0 unspecified atom stereocenters. The van der Waals surface area contributed by atoms with Crippen molar-refractivity contribution in [3.05, 3.63) is 64.1 Å². The van der Waals surface area contributed by atoms with Gasteiger partial charge in [-0.15, -0.1) is 0 Å². The summed E-state index contributed by atoms with van der Waals surface area (Å²) in [5.41, 5.74) is 4.05. The Labute approximate surface area is 157 Å². The zero-order valence-corrected chi connectivity index (χ0v) is 15.7. The Morgan fingerprint density at radius 2 is 1.92 bits per heavy atom. The van der Waals surface area contributed by atoms with Gasteiger partial charge < -0.3 is 10.1 Å². The van der Waals surface area contributed by atoms with E-state index in [4.69, 9.17) is 4.74 Å². The molecule has 0 aliphatic carbocycles. The molecule has 0 atom stereocenters. The minimum Gasteiger partial charge on any atom is -0.497 e. The van der Waals surface area contributed by atoms with Gasteiger partial charge >= 0.3 is 0 Å². The lowest BCUT2D eigenvalue weighted by Crippen LogP contribution is -2.33. The number of carbonyl (C=O) groups excluding carboxylic acids is 2. The van der Waals surface area contributed by atoms with E-state index in [1.165, 1.54) is 10.5 Å². The summed E-state index contributed by atoms with van der Waals surface area (Å²) in [5.74, 6) is 0.411. The molecule has 1 fully saturated rings. The van der Waals surface area contributed by atoms with Crippen LogP contribution < -0.4 is 10.1 Å². The molecule has 1 saturated heterocycles. The molecule has 1 aliphatic rings. The number of ether oxygens (including phenoxy) is 1. The number of nitrogens with zero attached hydrogens (tertiary/aromatic N) is 1. The second kappa shape index (κ2) is 7.66. The van der Waals surface area contributed by atoms with Crippen molar-refractivity contribution < 1.29 is 14.3 Å². The zero-order valence-electron chi connectivity index (χ0n) is 14.9. The average Bonchev–Trinajstić information content (AvgIpc) is 2.89. The molecule has 0 bridgehead atoms. The van der Waals surface area contributed by atoms with E-state index >= 15 is 0 Å². The van der Waals surface area contributed by atoms with E-state index < -0.39 is 0 Å². The third-order valence-electron chi connectivity index (χ3n) is 4.21. The van der Waals surface area contributed by atoms with Crippen LogP contribution in [0.15, 0.2) is 47.4 Å². The molecular weight excluding hydrogens is 348 g/mol. The predicted molar refractivity (Wildman–Crippen MR) is 105 cm³/mol. The lowest BCUT2D eigenvalue weighted by molar-refractivity contribution is -0.122. The SMILES string of the molecule is COc1cccc(C=C2SC(=O)N(CNc3ccc(C)c(C)c3)C2=O)c1. The van der Waals surface area contributed by atoms with Crippen LogP contribution in [-0.4, -0.2) is 29.8 Å². The molecule has 6 heteroatoms. The first-order chi connectivity index (χ1) is 12.5. The van der Waals surface area contributed by atoms with Gasteiger partial charge in [-0.2, -0.15) is 0 Å². The van der Waals surface area contributed by atoms with Crippen molar-refractivity contribution in [1.82, 2.24) is 4.90 Å². The number of imide groups is 1. The van der Waals surface area contributed by atoms with E-state index in [2.05, 4.69) is 5.32 Å². The Bertz CT molecular complexity index is 892. The van der Waals surface area contributed by atoms with Crippen LogP contribution in [0.1, 0.15) is 16.7 Å². The third kappa shape index (κ3) is 3.91. The van der Waals surface area contributed by atoms with Gasteiger partial charge in [0.2, 0.25) is 0 Å². The van der Waals surface area contributed by atoms with Crippen LogP contribution in [0.2, 0.25) is 0 Å². The molecule has 1 aliphatic heterocycles. The summed E-state index contributed by atoms with van der Waals surface area (Å²) >= 11 is 0.949. The fourth-order valence-corrected chi connectivity index (χ4v) is 3.38. The van der Waals surface area contributed by atoms with Crippen LogP contribution in [0.25, 0.3) is 6.08 Å². The van der Waals surface area contributed by atoms with Gasteiger partial charge in [0, 0.05) is 5.69 Å². The Hall–Kier alpha value is -2.73. The molecule has 5 nitrogen and oxygen atoms in total. The average molecular weight is 368 g/mol. The van der Waals surface area contributed by atoms with Crippen molar-refractivity contribution >= 4 is 34.7 Å². The molecule has 1 N–H and O–H groups in total. The number of anilines is 1. The molecule has 0 aromatic heterocycles. The summed E-state index contributed by atoms with van der Waals surface area (Å²) in [5, 5.41) is 2.86. The molecule has 3 rings (SSSR count). The second-order valence-electron chi connectivity index (χ2n) is 6.02. The monoisotopic (exact) mass is 368 g/mol. The van der Waals surface area contributed by atoms with Crippen molar-refractivity contribution in [3.63, 3.8) is 0 Å². The molecule has 1 heterocycles. The number of benzene rings is 2. The molecule has 26 heavy (non-hydrogen) atoms. The Balaban J connectivity index is 1.72. The zero-order chi connectivity index (χ0) is 18.7. The first-order valence-electron chi connectivity index (χ1n) is 8.18. The standard InChI is InChI=1S/C20H20N2O3S/c1-13-7-8-16(9-14(13)2)21-12-22-19(23)18(26-20(22)24)11-15-5-4-6-17(10-15)25-3/h4-11,21H,12H2,1-3H3. The van der Waals surface area contributed by atoms with E-state index in [1.54, 1.807) is 13.2 Å². The van der Waals surface area contributed by atoms with E-state index in [0.29, 0.717) is 10.7 Å². The first-order valence-corrected chi connectivity index (χ1v) is 9.00. The van der Waals surface area contributed by atoms with Crippen molar-refractivity contribution in [3.8, 4) is 5.75 Å². The van der Waals surface area contributed by atoms with Gasteiger partial charge in [0.15, 0.2) is 0 Å². The smallest absolute Gasteiger partial charge is 0.295 e. The van der Waals surface area contributed by atoms with Gasteiger partial charge in [-0.3, -0.25) is 14.5 Å². The van der Waals surface area contributed by atoms with E-state index in [-0.39, 0.29) is 17.8 Å². The van der Waals surface area contributed by atoms with Crippen LogP contribution in [0, 0.1) is 13.8 Å². The second-order valence-corrected chi connectivity index (χ2v) is 7.01. The predicted octanol–water partition coefficient (Wildman–Crippen LogP) is 4.42. The lowest BCUT2D eigenvalue weighted by Gasteiger charge is -2.15. The van der Waals surface area contributed by atoms with E-state index in [1.807, 2.05) is 56.3 Å². The van der Waals surface area contributed by atoms with Gasteiger partial charge in [0.25, 0.3) is 11.1 Å². The number of aryl methyl sites for hydroxylation is 2. The highest BCUT2D eigenvalue weighted by Crippen LogP contribution is 2.32. The summed E-state index contributed by atoms with van der Waals surface area (Å²) in [7, 11) is 1.59. The molecular formula is C20H20N2O3S. The third-order valence-corrected chi connectivity index (χ3v) is 5.12. The summed E-state index contributed by atoms with van der Waals surface area (Å²) in [6, 6.07) is 13.3. The Kier molecular flexibility index (Phi) is 5.32. The molecule has 0 saturated carbocycles.